The van der Waals surface area contributed by atoms with E-state index in [1.54, 1.807) is 0 Å². The Morgan fingerprint density at radius 3 is 2.15 bits per heavy atom. The number of benzene rings is 2. The number of carbonyl (C=O) groups is 1. The number of aryl methyl sites for hydroxylation is 3. The molecule has 0 aromatic heterocycles. The highest BCUT2D eigenvalue weighted by atomic mass is 79.9. The molecule has 0 aliphatic heterocycles. The van der Waals surface area contributed by atoms with Crippen LogP contribution in [0.25, 0.3) is 0 Å². The topological polar surface area (TPSA) is 29.1 Å². The normalized spacial score (nSPS) is 10.4. The Morgan fingerprint density at radius 1 is 1.05 bits per heavy atom. The lowest BCUT2D eigenvalue weighted by molar-refractivity contribution is 0.0949. The number of amides is 1. The zero-order chi connectivity index (χ0) is 14.7. The average molecular weight is 332 g/mol. The molecule has 0 radical (unpaired) electrons. The van der Waals surface area contributed by atoms with Crippen LogP contribution in [0.15, 0.2) is 40.9 Å². The van der Waals surface area contributed by atoms with E-state index in [1.807, 2.05) is 57.2 Å². The predicted molar refractivity (Wildman–Crippen MR) is 86.0 cm³/mol. The van der Waals surface area contributed by atoms with Gasteiger partial charge in [-0.05, 0) is 49.6 Å². The SMILES string of the molecule is Cc1cc(C)c(C(=O)NCc2ccc(Br)cc2)c(C)c1. The van der Waals surface area contributed by atoms with Crippen LogP contribution in [-0.4, -0.2) is 5.91 Å². The number of halogens is 1. The van der Waals surface area contributed by atoms with Crippen molar-refractivity contribution >= 4 is 21.8 Å². The maximum absolute atomic E-state index is 12.3. The summed E-state index contributed by atoms with van der Waals surface area (Å²) in [6.45, 7) is 6.55. The Bertz CT molecular complexity index is 609. The molecule has 0 saturated carbocycles. The summed E-state index contributed by atoms with van der Waals surface area (Å²) in [5.41, 5.74) is 5.10. The fourth-order valence-electron chi connectivity index (χ4n) is 2.41. The van der Waals surface area contributed by atoms with E-state index in [0.29, 0.717) is 6.54 Å². The van der Waals surface area contributed by atoms with Gasteiger partial charge in [-0.1, -0.05) is 45.8 Å². The molecular formula is C17H18BrNO. The van der Waals surface area contributed by atoms with Gasteiger partial charge in [0.2, 0.25) is 0 Å². The van der Waals surface area contributed by atoms with Crippen molar-refractivity contribution in [3.05, 3.63) is 68.7 Å². The largest absolute Gasteiger partial charge is 0.348 e. The molecule has 0 fully saturated rings. The van der Waals surface area contributed by atoms with Crippen molar-refractivity contribution in [3.8, 4) is 0 Å². The molecule has 0 aliphatic rings. The second-order valence-corrected chi connectivity index (χ2v) is 6.00. The van der Waals surface area contributed by atoms with Crippen LogP contribution in [0, 0.1) is 20.8 Å². The first-order valence-electron chi connectivity index (χ1n) is 6.58. The van der Waals surface area contributed by atoms with Gasteiger partial charge in [0.25, 0.3) is 5.91 Å². The van der Waals surface area contributed by atoms with Crippen molar-refractivity contribution in [2.45, 2.75) is 27.3 Å². The molecule has 2 aromatic rings. The summed E-state index contributed by atoms with van der Waals surface area (Å²) >= 11 is 3.40. The van der Waals surface area contributed by atoms with E-state index in [1.165, 1.54) is 5.56 Å². The van der Waals surface area contributed by atoms with Crippen LogP contribution in [0.5, 0.6) is 0 Å². The average Bonchev–Trinajstić information content (AvgIpc) is 2.37. The van der Waals surface area contributed by atoms with E-state index in [2.05, 4.69) is 21.2 Å². The number of rotatable bonds is 3. The minimum atomic E-state index is -0.0112. The minimum Gasteiger partial charge on any atom is -0.348 e. The van der Waals surface area contributed by atoms with Crippen LogP contribution in [-0.2, 0) is 6.54 Å². The van der Waals surface area contributed by atoms with Gasteiger partial charge < -0.3 is 5.32 Å². The molecule has 2 nitrogen and oxygen atoms in total. The molecule has 2 aromatic carbocycles. The van der Waals surface area contributed by atoms with Crippen LogP contribution in [0.3, 0.4) is 0 Å². The Hall–Kier alpha value is -1.61. The first kappa shape index (κ1) is 14.8. The molecule has 0 atom stereocenters. The Morgan fingerprint density at radius 2 is 1.60 bits per heavy atom. The second kappa shape index (κ2) is 6.23. The first-order valence-corrected chi connectivity index (χ1v) is 7.37. The molecule has 0 saturated heterocycles. The van der Waals surface area contributed by atoms with Crippen LogP contribution < -0.4 is 5.32 Å². The van der Waals surface area contributed by atoms with Crippen molar-refractivity contribution in [1.29, 1.82) is 0 Å². The molecule has 0 unspecified atom stereocenters. The van der Waals surface area contributed by atoms with E-state index in [-0.39, 0.29) is 5.91 Å². The molecule has 0 spiro atoms. The zero-order valence-electron chi connectivity index (χ0n) is 12.0. The van der Waals surface area contributed by atoms with Gasteiger partial charge in [-0.15, -0.1) is 0 Å². The maximum atomic E-state index is 12.3. The Labute approximate surface area is 128 Å². The number of carbonyl (C=O) groups excluding carboxylic acids is 1. The molecule has 0 aliphatic carbocycles. The summed E-state index contributed by atoms with van der Waals surface area (Å²) in [4.78, 5) is 12.3. The summed E-state index contributed by atoms with van der Waals surface area (Å²) in [6, 6.07) is 12.0. The molecule has 1 amide bonds. The predicted octanol–water partition coefficient (Wildman–Crippen LogP) is 4.30. The molecule has 20 heavy (non-hydrogen) atoms. The fourth-order valence-corrected chi connectivity index (χ4v) is 2.68. The second-order valence-electron chi connectivity index (χ2n) is 5.08. The molecule has 0 heterocycles. The quantitative estimate of drug-likeness (QED) is 0.892. The van der Waals surface area contributed by atoms with Crippen molar-refractivity contribution in [1.82, 2.24) is 5.32 Å². The third kappa shape index (κ3) is 3.48. The summed E-state index contributed by atoms with van der Waals surface area (Å²) in [7, 11) is 0. The van der Waals surface area contributed by atoms with Gasteiger partial charge in [-0.25, -0.2) is 0 Å². The van der Waals surface area contributed by atoms with E-state index >= 15 is 0 Å². The van der Waals surface area contributed by atoms with E-state index in [0.717, 1.165) is 26.7 Å². The van der Waals surface area contributed by atoms with Gasteiger partial charge in [0.1, 0.15) is 0 Å². The summed E-state index contributed by atoms with van der Waals surface area (Å²) in [6.07, 6.45) is 0. The fraction of sp³-hybridized carbons (Fsp3) is 0.235. The summed E-state index contributed by atoms with van der Waals surface area (Å²) in [5.74, 6) is -0.0112. The smallest absolute Gasteiger partial charge is 0.252 e. The van der Waals surface area contributed by atoms with Crippen LogP contribution >= 0.6 is 15.9 Å². The zero-order valence-corrected chi connectivity index (χ0v) is 13.5. The molecule has 2 rings (SSSR count). The lowest BCUT2D eigenvalue weighted by atomic mass is 9.99. The maximum Gasteiger partial charge on any atom is 0.252 e. The number of hydrogen-bond donors (Lipinski definition) is 1. The minimum absolute atomic E-state index is 0.0112. The van der Waals surface area contributed by atoms with Crippen molar-refractivity contribution in [3.63, 3.8) is 0 Å². The third-order valence-electron chi connectivity index (χ3n) is 3.27. The van der Waals surface area contributed by atoms with Crippen LogP contribution in [0.4, 0.5) is 0 Å². The van der Waals surface area contributed by atoms with Crippen molar-refractivity contribution < 1.29 is 4.79 Å². The van der Waals surface area contributed by atoms with Crippen LogP contribution in [0.1, 0.15) is 32.6 Å². The van der Waals surface area contributed by atoms with Gasteiger partial charge in [0.15, 0.2) is 0 Å². The monoisotopic (exact) mass is 331 g/mol. The lowest BCUT2D eigenvalue weighted by Crippen LogP contribution is -2.24. The van der Waals surface area contributed by atoms with E-state index < -0.39 is 0 Å². The van der Waals surface area contributed by atoms with Crippen molar-refractivity contribution in [2.75, 3.05) is 0 Å². The van der Waals surface area contributed by atoms with Crippen molar-refractivity contribution in [2.24, 2.45) is 0 Å². The van der Waals surface area contributed by atoms with Gasteiger partial charge in [0.05, 0.1) is 0 Å². The lowest BCUT2D eigenvalue weighted by Gasteiger charge is -2.12. The molecule has 3 heteroatoms. The first-order chi connectivity index (χ1) is 9.47. The van der Waals surface area contributed by atoms with Crippen LogP contribution in [0.2, 0.25) is 0 Å². The summed E-state index contributed by atoms with van der Waals surface area (Å²) < 4.78 is 1.04. The van der Waals surface area contributed by atoms with Gasteiger partial charge in [-0.2, -0.15) is 0 Å². The standard InChI is InChI=1S/C17H18BrNO/c1-11-8-12(2)16(13(3)9-11)17(20)19-10-14-4-6-15(18)7-5-14/h4-9H,10H2,1-3H3,(H,19,20). The van der Waals surface area contributed by atoms with Gasteiger partial charge in [0, 0.05) is 16.6 Å². The number of hydrogen-bond acceptors (Lipinski definition) is 1. The molecule has 104 valence electrons. The summed E-state index contributed by atoms with van der Waals surface area (Å²) in [5, 5.41) is 2.98. The number of nitrogens with one attached hydrogen (secondary N) is 1. The highest BCUT2D eigenvalue weighted by Crippen LogP contribution is 2.16. The molecule has 1 N–H and O–H groups in total. The highest BCUT2D eigenvalue weighted by Gasteiger charge is 2.12. The Balaban J connectivity index is 2.11. The highest BCUT2D eigenvalue weighted by molar-refractivity contribution is 9.10. The molecular weight excluding hydrogens is 314 g/mol. The third-order valence-corrected chi connectivity index (χ3v) is 3.80. The van der Waals surface area contributed by atoms with E-state index in [4.69, 9.17) is 0 Å². The van der Waals surface area contributed by atoms with Gasteiger partial charge in [-0.3, -0.25) is 4.79 Å². The van der Waals surface area contributed by atoms with Gasteiger partial charge >= 0.3 is 0 Å². The molecule has 0 bridgehead atoms. The Kier molecular flexibility index (Phi) is 4.61. The van der Waals surface area contributed by atoms with E-state index in [9.17, 15) is 4.79 Å².